The Balaban J connectivity index is 0.000000266. The van der Waals surface area contributed by atoms with Crippen LogP contribution in [0.4, 0.5) is 11.4 Å². The number of carboxylic acid groups (broad SMARTS) is 1. The maximum atomic E-state index is 11.2. The molecule has 4 aromatic carbocycles. The third kappa shape index (κ3) is 12.3. The number of nitrogens with zero attached hydrogens (tertiary/aromatic N) is 4. The topological polar surface area (TPSA) is 190 Å². The molecule has 0 radical (unpaired) electrons. The molecule has 12 heteroatoms. The fourth-order valence-electron chi connectivity index (χ4n) is 4.76. The van der Waals surface area contributed by atoms with Crippen LogP contribution in [0.25, 0.3) is 0 Å². The summed E-state index contributed by atoms with van der Waals surface area (Å²) in [5.74, 6) is 0.251. The molecule has 49 heavy (non-hydrogen) atoms. The molecule has 0 aliphatic rings. The van der Waals surface area contributed by atoms with Gasteiger partial charge in [0, 0.05) is 29.7 Å². The number of para-hydroxylation sites is 2. The first kappa shape index (κ1) is 36.9. The molecule has 0 saturated carbocycles. The smallest absolute Gasteiger partial charge is 0.303 e. The van der Waals surface area contributed by atoms with Crippen molar-refractivity contribution in [2.24, 2.45) is 11.8 Å². The van der Waals surface area contributed by atoms with Crippen LogP contribution < -0.4 is 9.47 Å². The van der Waals surface area contributed by atoms with E-state index in [0.717, 1.165) is 0 Å². The molecule has 0 aliphatic carbocycles. The van der Waals surface area contributed by atoms with Crippen molar-refractivity contribution in [3.05, 3.63) is 141 Å². The molecule has 0 fully saturated rings. The molecule has 0 aromatic heterocycles. The van der Waals surface area contributed by atoms with Crippen molar-refractivity contribution in [1.29, 1.82) is 10.5 Å². The number of nitro groups is 2. The standard InChI is InChI=1S/C19H18N2O3.C18H16N2O5/c1-2-3-7-15(14-20)12-16-13-18(10-11-19(16)21(22)23)24-17-8-5-4-6-9-17;19-12-13(6-9-18(21)22)10-14-11-16(7-8-17(14)20(23)24)25-15-4-2-1-3-5-15/h2,4-6,8-11,13,15H,1,3,7,12H2;1-5,7-8,11,13H,6,9-10H2,(H,21,22). The number of ether oxygens (including phenoxy) is 2. The lowest BCUT2D eigenvalue weighted by atomic mass is 9.95. The van der Waals surface area contributed by atoms with E-state index in [1.54, 1.807) is 42.5 Å². The van der Waals surface area contributed by atoms with Gasteiger partial charge in [-0.05, 0) is 80.6 Å². The van der Waals surface area contributed by atoms with E-state index in [4.69, 9.17) is 14.6 Å². The zero-order valence-corrected chi connectivity index (χ0v) is 26.5. The molecule has 0 aliphatic heterocycles. The van der Waals surface area contributed by atoms with Crippen LogP contribution in [0.1, 0.15) is 36.8 Å². The summed E-state index contributed by atoms with van der Waals surface area (Å²) in [6.07, 6.45) is 3.44. The van der Waals surface area contributed by atoms with Crippen LogP contribution in [0.2, 0.25) is 0 Å². The average molecular weight is 663 g/mol. The maximum absolute atomic E-state index is 11.2. The Morgan fingerprint density at radius 1 is 0.735 bits per heavy atom. The molecular weight excluding hydrogens is 628 g/mol. The zero-order valence-electron chi connectivity index (χ0n) is 26.5. The number of benzene rings is 4. The lowest BCUT2D eigenvalue weighted by Crippen LogP contribution is -2.07. The van der Waals surface area contributed by atoms with Crippen LogP contribution in [-0.2, 0) is 17.6 Å². The summed E-state index contributed by atoms with van der Waals surface area (Å²) < 4.78 is 11.4. The monoisotopic (exact) mass is 662 g/mol. The summed E-state index contributed by atoms with van der Waals surface area (Å²) in [5, 5.41) is 49.6. The molecule has 0 bridgehead atoms. The molecular formula is C37H34N4O8. The normalized spacial score (nSPS) is 11.3. The molecule has 2 atom stereocenters. The number of nitriles is 2. The summed E-state index contributed by atoms with van der Waals surface area (Å²) in [6, 6.07) is 31.4. The van der Waals surface area contributed by atoms with E-state index in [1.165, 1.54) is 24.3 Å². The largest absolute Gasteiger partial charge is 0.481 e. The maximum Gasteiger partial charge on any atom is 0.303 e. The van der Waals surface area contributed by atoms with Crippen molar-refractivity contribution in [1.82, 2.24) is 0 Å². The summed E-state index contributed by atoms with van der Waals surface area (Å²) in [4.78, 5) is 32.2. The number of hydrogen-bond acceptors (Lipinski definition) is 9. The van der Waals surface area contributed by atoms with Crippen LogP contribution in [0.15, 0.2) is 110 Å². The van der Waals surface area contributed by atoms with Gasteiger partial charge in [0.25, 0.3) is 11.4 Å². The highest BCUT2D eigenvalue weighted by atomic mass is 16.6. The number of rotatable bonds is 16. The van der Waals surface area contributed by atoms with Gasteiger partial charge >= 0.3 is 5.97 Å². The zero-order chi connectivity index (χ0) is 35.6. The van der Waals surface area contributed by atoms with Crippen LogP contribution >= 0.6 is 0 Å². The van der Waals surface area contributed by atoms with Gasteiger partial charge in [-0.25, -0.2) is 0 Å². The first-order chi connectivity index (χ1) is 23.6. The first-order valence-corrected chi connectivity index (χ1v) is 15.3. The van der Waals surface area contributed by atoms with Crippen molar-refractivity contribution in [2.45, 2.75) is 38.5 Å². The second kappa shape index (κ2) is 19.2. The minimum Gasteiger partial charge on any atom is -0.481 e. The molecule has 0 spiro atoms. The fourth-order valence-corrected chi connectivity index (χ4v) is 4.76. The van der Waals surface area contributed by atoms with E-state index in [0.29, 0.717) is 53.4 Å². The van der Waals surface area contributed by atoms with Gasteiger partial charge < -0.3 is 14.6 Å². The van der Waals surface area contributed by atoms with Crippen LogP contribution in [0.3, 0.4) is 0 Å². The highest BCUT2D eigenvalue weighted by molar-refractivity contribution is 5.66. The predicted octanol–water partition coefficient (Wildman–Crippen LogP) is 8.97. The summed E-state index contributed by atoms with van der Waals surface area (Å²) in [5.41, 5.74) is 0.740. The van der Waals surface area contributed by atoms with Crippen molar-refractivity contribution < 1.29 is 29.2 Å². The van der Waals surface area contributed by atoms with Crippen LogP contribution in [-0.4, -0.2) is 20.9 Å². The minimum atomic E-state index is -1.00. The lowest BCUT2D eigenvalue weighted by molar-refractivity contribution is -0.385. The highest BCUT2D eigenvalue weighted by Gasteiger charge is 2.21. The quantitative estimate of drug-likeness (QED) is 0.0688. The summed E-state index contributed by atoms with van der Waals surface area (Å²) >= 11 is 0. The lowest BCUT2D eigenvalue weighted by Gasteiger charge is -2.11. The number of nitro benzene ring substituents is 2. The van der Waals surface area contributed by atoms with E-state index in [9.17, 15) is 35.5 Å². The van der Waals surface area contributed by atoms with Crippen molar-refractivity contribution in [3.8, 4) is 35.1 Å². The molecule has 0 amide bonds. The average Bonchev–Trinajstić information content (AvgIpc) is 3.09. The van der Waals surface area contributed by atoms with Gasteiger partial charge in [-0.1, -0.05) is 42.5 Å². The highest BCUT2D eigenvalue weighted by Crippen LogP contribution is 2.31. The number of carbonyl (C=O) groups is 1. The van der Waals surface area contributed by atoms with Gasteiger partial charge in [0.15, 0.2) is 0 Å². The van der Waals surface area contributed by atoms with Gasteiger partial charge in [0.1, 0.15) is 23.0 Å². The van der Waals surface area contributed by atoms with Gasteiger partial charge in [-0.3, -0.25) is 25.0 Å². The Morgan fingerprint density at radius 2 is 1.16 bits per heavy atom. The Morgan fingerprint density at radius 3 is 1.53 bits per heavy atom. The number of carboxylic acids is 1. The Kier molecular flexibility index (Phi) is 14.5. The van der Waals surface area contributed by atoms with Crippen LogP contribution in [0, 0.1) is 54.7 Å². The minimum absolute atomic E-state index is 0.00858. The van der Waals surface area contributed by atoms with Gasteiger partial charge in [-0.2, -0.15) is 10.5 Å². The molecule has 0 saturated heterocycles. The molecule has 4 rings (SSSR count). The third-order valence-electron chi connectivity index (χ3n) is 7.18. The molecule has 1 N–H and O–H groups in total. The van der Waals surface area contributed by atoms with Crippen molar-refractivity contribution in [3.63, 3.8) is 0 Å². The number of allylic oxidation sites excluding steroid dienone is 1. The van der Waals surface area contributed by atoms with Gasteiger partial charge in [0.05, 0.1) is 33.8 Å². The Hall–Kier alpha value is -6.53. The summed E-state index contributed by atoms with van der Waals surface area (Å²) in [7, 11) is 0. The van der Waals surface area contributed by atoms with Gasteiger partial charge in [0.2, 0.25) is 0 Å². The number of aliphatic carboxylic acids is 1. The van der Waals surface area contributed by atoms with E-state index in [2.05, 4.69) is 12.6 Å². The molecule has 12 nitrogen and oxygen atoms in total. The van der Waals surface area contributed by atoms with Crippen molar-refractivity contribution >= 4 is 17.3 Å². The second-order valence-corrected chi connectivity index (χ2v) is 10.8. The van der Waals surface area contributed by atoms with E-state index >= 15 is 0 Å². The molecule has 250 valence electrons. The molecule has 4 aromatic rings. The van der Waals surface area contributed by atoms with E-state index in [1.807, 2.05) is 42.5 Å². The Labute approximate surface area is 283 Å². The van der Waals surface area contributed by atoms with Gasteiger partial charge in [-0.15, -0.1) is 6.58 Å². The number of hydrogen-bond donors (Lipinski definition) is 1. The molecule has 2 unspecified atom stereocenters. The first-order valence-electron chi connectivity index (χ1n) is 15.3. The second-order valence-electron chi connectivity index (χ2n) is 10.8. The molecule has 0 heterocycles. The van der Waals surface area contributed by atoms with Crippen molar-refractivity contribution in [2.75, 3.05) is 0 Å². The predicted molar refractivity (Wildman–Crippen MR) is 181 cm³/mol. The van der Waals surface area contributed by atoms with E-state index in [-0.39, 0.29) is 36.6 Å². The van der Waals surface area contributed by atoms with Crippen LogP contribution in [0.5, 0.6) is 23.0 Å². The Bertz CT molecular complexity index is 1820. The third-order valence-corrected chi connectivity index (χ3v) is 7.18. The SMILES string of the molecule is C=CCCC(C#N)Cc1cc(Oc2ccccc2)ccc1[N+](=O)[O-].N#CC(CCC(=O)O)Cc1cc(Oc2ccccc2)ccc1[N+](=O)[O-]. The van der Waals surface area contributed by atoms with E-state index < -0.39 is 21.7 Å². The summed E-state index contributed by atoms with van der Waals surface area (Å²) in [6.45, 7) is 3.64. The fraction of sp³-hybridized carbons (Fsp3) is 0.216.